The molecule has 1 rings (SSSR count). The summed E-state index contributed by atoms with van der Waals surface area (Å²) in [6.45, 7) is 9.14. The maximum Gasteiger partial charge on any atom is 0.133 e. The molecule has 1 aromatic heterocycles. The Morgan fingerprint density at radius 2 is 2.11 bits per heavy atom. The molecular formula is C15H27N3O. The van der Waals surface area contributed by atoms with E-state index in [-0.39, 0.29) is 0 Å². The second-order valence-corrected chi connectivity index (χ2v) is 5.43. The van der Waals surface area contributed by atoms with Crippen molar-refractivity contribution < 1.29 is 4.74 Å². The number of nitrogens with zero attached hydrogens (tertiary/aromatic N) is 2. The number of nitrogens with one attached hydrogen (secondary N) is 1. The molecule has 0 saturated carbocycles. The van der Waals surface area contributed by atoms with E-state index in [2.05, 4.69) is 49.1 Å². The van der Waals surface area contributed by atoms with Crippen LogP contribution in [0.3, 0.4) is 0 Å². The summed E-state index contributed by atoms with van der Waals surface area (Å²) in [6, 6.07) is 4.43. The third kappa shape index (κ3) is 5.17. The minimum atomic E-state index is 0.309. The van der Waals surface area contributed by atoms with Crippen LogP contribution in [0.25, 0.3) is 0 Å². The number of rotatable bonds is 8. The SMILES string of the molecule is COCC(C)N(C)c1ncccc1CNCC(C)C. The fraction of sp³-hybridized carbons (Fsp3) is 0.667. The Kier molecular flexibility index (Phi) is 6.81. The number of anilines is 1. The predicted octanol–water partition coefficient (Wildman–Crippen LogP) is 2.30. The Hall–Kier alpha value is -1.13. The molecule has 4 heteroatoms. The summed E-state index contributed by atoms with van der Waals surface area (Å²) in [5.41, 5.74) is 1.23. The van der Waals surface area contributed by atoms with Crippen molar-refractivity contribution in [3.8, 4) is 0 Å². The van der Waals surface area contributed by atoms with Gasteiger partial charge >= 0.3 is 0 Å². The van der Waals surface area contributed by atoms with Crippen molar-refractivity contribution in [2.24, 2.45) is 5.92 Å². The minimum Gasteiger partial charge on any atom is -0.383 e. The number of pyridine rings is 1. The molecule has 1 N–H and O–H groups in total. The van der Waals surface area contributed by atoms with Gasteiger partial charge in [0.05, 0.1) is 12.6 Å². The van der Waals surface area contributed by atoms with E-state index in [4.69, 9.17) is 4.74 Å². The van der Waals surface area contributed by atoms with Crippen LogP contribution < -0.4 is 10.2 Å². The van der Waals surface area contributed by atoms with Crippen molar-refractivity contribution in [2.75, 3.05) is 32.2 Å². The molecule has 0 bridgehead atoms. The zero-order chi connectivity index (χ0) is 14.3. The van der Waals surface area contributed by atoms with Gasteiger partial charge in [-0.15, -0.1) is 0 Å². The van der Waals surface area contributed by atoms with E-state index in [0.29, 0.717) is 18.6 Å². The smallest absolute Gasteiger partial charge is 0.133 e. The van der Waals surface area contributed by atoms with Gasteiger partial charge in [0.15, 0.2) is 0 Å². The van der Waals surface area contributed by atoms with Crippen LogP contribution in [0.1, 0.15) is 26.3 Å². The van der Waals surface area contributed by atoms with Gasteiger partial charge in [-0.1, -0.05) is 19.9 Å². The first-order valence-corrected chi connectivity index (χ1v) is 6.92. The average molecular weight is 265 g/mol. The van der Waals surface area contributed by atoms with Crippen LogP contribution in [0.2, 0.25) is 0 Å². The summed E-state index contributed by atoms with van der Waals surface area (Å²) in [4.78, 5) is 6.69. The van der Waals surface area contributed by atoms with Gasteiger partial charge < -0.3 is 15.0 Å². The summed E-state index contributed by atoms with van der Waals surface area (Å²) in [7, 11) is 3.80. The molecule has 1 aromatic rings. The first-order valence-electron chi connectivity index (χ1n) is 6.92. The molecule has 108 valence electrons. The van der Waals surface area contributed by atoms with Crippen LogP contribution in [0.4, 0.5) is 5.82 Å². The number of methoxy groups -OCH3 is 1. The van der Waals surface area contributed by atoms with E-state index in [1.807, 2.05) is 12.3 Å². The molecule has 0 fully saturated rings. The number of ether oxygens (including phenoxy) is 1. The third-order valence-corrected chi connectivity index (χ3v) is 3.14. The third-order valence-electron chi connectivity index (χ3n) is 3.14. The zero-order valence-corrected chi connectivity index (χ0v) is 12.8. The highest BCUT2D eigenvalue weighted by Gasteiger charge is 2.14. The molecule has 0 amide bonds. The fourth-order valence-electron chi connectivity index (χ4n) is 1.94. The topological polar surface area (TPSA) is 37.4 Å². The zero-order valence-electron chi connectivity index (χ0n) is 12.8. The maximum absolute atomic E-state index is 5.21. The standard InChI is InChI=1S/C15H27N3O/c1-12(2)9-16-10-14-7-6-8-17-15(14)18(4)13(3)11-19-5/h6-8,12-13,16H,9-11H2,1-5H3. The lowest BCUT2D eigenvalue weighted by molar-refractivity contribution is 0.183. The molecule has 1 heterocycles. The van der Waals surface area contributed by atoms with Crippen molar-refractivity contribution in [3.05, 3.63) is 23.9 Å². The van der Waals surface area contributed by atoms with E-state index in [0.717, 1.165) is 18.9 Å². The van der Waals surface area contributed by atoms with Gasteiger partial charge in [0, 0.05) is 32.5 Å². The van der Waals surface area contributed by atoms with Crippen LogP contribution >= 0.6 is 0 Å². The minimum absolute atomic E-state index is 0.309. The Morgan fingerprint density at radius 3 is 2.74 bits per heavy atom. The van der Waals surface area contributed by atoms with Crippen LogP contribution in [0.15, 0.2) is 18.3 Å². The van der Waals surface area contributed by atoms with Crippen LogP contribution in [-0.4, -0.2) is 38.3 Å². The van der Waals surface area contributed by atoms with E-state index in [1.165, 1.54) is 5.56 Å². The number of likely N-dealkylation sites (N-methyl/N-ethyl adjacent to an activating group) is 1. The van der Waals surface area contributed by atoms with Gasteiger partial charge in [-0.3, -0.25) is 0 Å². The largest absolute Gasteiger partial charge is 0.383 e. The molecule has 0 aliphatic rings. The monoisotopic (exact) mass is 265 g/mol. The van der Waals surface area contributed by atoms with Crippen molar-refractivity contribution in [1.29, 1.82) is 0 Å². The quantitative estimate of drug-likeness (QED) is 0.782. The first kappa shape index (κ1) is 15.9. The molecule has 0 spiro atoms. The van der Waals surface area contributed by atoms with Gasteiger partial charge in [-0.2, -0.15) is 0 Å². The molecule has 1 atom stereocenters. The normalized spacial score (nSPS) is 12.7. The van der Waals surface area contributed by atoms with Crippen LogP contribution in [0, 0.1) is 5.92 Å². The molecule has 4 nitrogen and oxygen atoms in total. The lowest BCUT2D eigenvalue weighted by Gasteiger charge is -2.27. The molecule has 0 saturated heterocycles. The second-order valence-electron chi connectivity index (χ2n) is 5.43. The van der Waals surface area contributed by atoms with E-state index in [9.17, 15) is 0 Å². The molecule has 0 aliphatic heterocycles. The number of hydrogen-bond donors (Lipinski definition) is 1. The first-order chi connectivity index (χ1) is 9.06. The molecule has 0 radical (unpaired) electrons. The van der Waals surface area contributed by atoms with Crippen molar-refractivity contribution in [3.63, 3.8) is 0 Å². The van der Waals surface area contributed by atoms with E-state index < -0.39 is 0 Å². The molecule has 0 aliphatic carbocycles. The summed E-state index contributed by atoms with van der Waals surface area (Å²) in [5.74, 6) is 1.69. The van der Waals surface area contributed by atoms with Crippen molar-refractivity contribution >= 4 is 5.82 Å². The Labute approximate surface area is 117 Å². The Morgan fingerprint density at radius 1 is 1.37 bits per heavy atom. The van der Waals surface area contributed by atoms with Gasteiger partial charge in [0.1, 0.15) is 5.82 Å². The van der Waals surface area contributed by atoms with Crippen molar-refractivity contribution in [1.82, 2.24) is 10.3 Å². The fourth-order valence-corrected chi connectivity index (χ4v) is 1.94. The lowest BCUT2D eigenvalue weighted by Crippen LogP contribution is -2.34. The highest BCUT2D eigenvalue weighted by atomic mass is 16.5. The predicted molar refractivity (Wildman–Crippen MR) is 80.5 cm³/mol. The van der Waals surface area contributed by atoms with Crippen LogP contribution in [0.5, 0.6) is 0 Å². The van der Waals surface area contributed by atoms with E-state index in [1.54, 1.807) is 7.11 Å². The summed E-state index contributed by atoms with van der Waals surface area (Å²) < 4.78 is 5.21. The summed E-state index contributed by atoms with van der Waals surface area (Å²) in [5, 5.41) is 3.47. The summed E-state index contributed by atoms with van der Waals surface area (Å²) in [6.07, 6.45) is 1.84. The van der Waals surface area contributed by atoms with E-state index >= 15 is 0 Å². The maximum atomic E-state index is 5.21. The molecular weight excluding hydrogens is 238 g/mol. The average Bonchev–Trinajstić information content (AvgIpc) is 2.38. The second kappa shape index (κ2) is 8.12. The van der Waals surface area contributed by atoms with Gasteiger partial charge in [-0.25, -0.2) is 4.98 Å². The molecule has 1 unspecified atom stereocenters. The summed E-state index contributed by atoms with van der Waals surface area (Å²) >= 11 is 0. The Bertz CT molecular complexity index is 368. The Balaban J connectivity index is 2.71. The number of aromatic nitrogens is 1. The lowest BCUT2D eigenvalue weighted by atomic mass is 10.2. The highest BCUT2D eigenvalue weighted by molar-refractivity contribution is 5.46. The highest BCUT2D eigenvalue weighted by Crippen LogP contribution is 2.18. The van der Waals surface area contributed by atoms with Gasteiger partial charge in [0.25, 0.3) is 0 Å². The van der Waals surface area contributed by atoms with Crippen molar-refractivity contribution in [2.45, 2.75) is 33.4 Å². The molecule has 0 aromatic carbocycles. The van der Waals surface area contributed by atoms with Gasteiger partial charge in [-0.05, 0) is 25.5 Å². The molecule has 19 heavy (non-hydrogen) atoms. The van der Waals surface area contributed by atoms with Gasteiger partial charge in [0.2, 0.25) is 0 Å². The van der Waals surface area contributed by atoms with Crippen LogP contribution in [-0.2, 0) is 11.3 Å². The number of hydrogen-bond acceptors (Lipinski definition) is 4.